The monoisotopic (exact) mass is 440 g/mol. The van der Waals surface area contributed by atoms with Crippen molar-refractivity contribution < 1.29 is 13.2 Å². The molecule has 1 amide bonds. The number of halogens is 1. The van der Waals surface area contributed by atoms with Gasteiger partial charge in [-0.15, -0.1) is 0 Å². The van der Waals surface area contributed by atoms with Gasteiger partial charge in [0.1, 0.15) is 0 Å². The summed E-state index contributed by atoms with van der Waals surface area (Å²) in [5, 5.41) is 0.470. The third-order valence-corrected chi connectivity index (χ3v) is 7.43. The highest BCUT2D eigenvalue weighted by atomic mass is 35.5. The SMILES string of the molecule is C[C@H]1Cc2ccccc2N1C(=O)c1ccc(N(C)S(=O)(=O)c2ccc(Cl)cc2)cc1. The van der Waals surface area contributed by atoms with Crippen molar-refractivity contribution in [2.24, 2.45) is 0 Å². The molecule has 0 unspecified atom stereocenters. The van der Waals surface area contributed by atoms with E-state index >= 15 is 0 Å². The van der Waals surface area contributed by atoms with Crippen LogP contribution in [0.25, 0.3) is 0 Å². The van der Waals surface area contributed by atoms with Gasteiger partial charge in [-0.25, -0.2) is 8.42 Å². The van der Waals surface area contributed by atoms with Crippen LogP contribution < -0.4 is 9.21 Å². The molecule has 7 heteroatoms. The van der Waals surface area contributed by atoms with Crippen LogP contribution in [-0.2, 0) is 16.4 Å². The maximum Gasteiger partial charge on any atom is 0.264 e. The summed E-state index contributed by atoms with van der Waals surface area (Å²) < 4.78 is 26.9. The van der Waals surface area contributed by atoms with Crippen LogP contribution in [0.3, 0.4) is 0 Å². The van der Waals surface area contributed by atoms with Gasteiger partial charge in [0.2, 0.25) is 0 Å². The van der Waals surface area contributed by atoms with Crippen LogP contribution in [0, 0.1) is 0 Å². The van der Waals surface area contributed by atoms with E-state index in [4.69, 9.17) is 11.6 Å². The fraction of sp³-hybridized carbons (Fsp3) is 0.174. The predicted octanol–water partition coefficient (Wildman–Crippen LogP) is 4.76. The van der Waals surface area contributed by atoms with Crippen molar-refractivity contribution >= 4 is 38.9 Å². The molecular formula is C23H21ClN2O3S. The number of carbonyl (C=O) groups is 1. The molecule has 0 radical (unpaired) electrons. The van der Waals surface area contributed by atoms with Crippen LogP contribution >= 0.6 is 11.6 Å². The number of hydrogen-bond acceptors (Lipinski definition) is 3. The Morgan fingerprint density at radius 3 is 2.30 bits per heavy atom. The number of rotatable bonds is 4. The Kier molecular flexibility index (Phi) is 5.30. The lowest BCUT2D eigenvalue weighted by Gasteiger charge is -2.23. The number of para-hydroxylation sites is 1. The zero-order valence-electron chi connectivity index (χ0n) is 16.6. The third-order valence-electron chi connectivity index (χ3n) is 5.38. The van der Waals surface area contributed by atoms with Crippen molar-refractivity contribution in [1.82, 2.24) is 0 Å². The molecule has 154 valence electrons. The van der Waals surface area contributed by atoms with Crippen molar-refractivity contribution in [1.29, 1.82) is 0 Å². The van der Waals surface area contributed by atoms with Gasteiger partial charge in [0.15, 0.2) is 0 Å². The molecule has 0 aliphatic carbocycles. The normalized spacial score (nSPS) is 15.7. The fourth-order valence-electron chi connectivity index (χ4n) is 3.73. The molecular weight excluding hydrogens is 420 g/mol. The lowest BCUT2D eigenvalue weighted by molar-refractivity contribution is 0.0981. The molecule has 0 saturated carbocycles. The zero-order chi connectivity index (χ0) is 21.5. The largest absolute Gasteiger partial charge is 0.305 e. The standard InChI is InChI=1S/C23H21ClN2O3S/c1-16-15-18-5-3-4-6-22(18)26(16)23(27)17-7-11-20(12-8-17)25(2)30(28,29)21-13-9-19(24)10-14-21/h3-14,16H,15H2,1-2H3/t16-/m0/s1. The number of fused-ring (bicyclic) bond motifs is 1. The van der Waals surface area contributed by atoms with Gasteiger partial charge < -0.3 is 4.90 Å². The van der Waals surface area contributed by atoms with E-state index in [1.807, 2.05) is 31.2 Å². The summed E-state index contributed by atoms with van der Waals surface area (Å²) in [5.74, 6) is -0.0952. The number of sulfonamides is 1. The van der Waals surface area contributed by atoms with Gasteiger partial charge in [0.25, 0.3) is 15.9 Å². The Bertz CT molecular complexity index is 1190. The molecule has 0 aromatic heterocycles. The zero-order valence-corrected chi connectivity index (χ0v) is 18.2. The van der Waals surface area contributed by atoms with E-state index in [-0.39, 0.29) is 16.8 Å². The van der Waals surface area contributed by atoms with Crippen molar-refractivity contribution in [3.05, 3.63) is 88.9 Å². The van der Waals surface area contributed by atoms with Crippen molar-refractivity contribution in [2.75, 3.05) is 16.3 Å². The minimum absolute atomic E-state index is 0.0718. The lowest BCUT2D eigenvalue weighted by atomic mass is 10.1. The second-order valence-electron chi connectivity index (χ2n) is 7.33. The van der Waals surface area contributed by atoms with Gasteiger partial charge >= 0.3 is 0 Å². The number of benzene rings is 3. The summed E-state index contributed by atoms with van der Waals surface area (Å²) in [6.45, 7) is 2.03. The van der Waals surface area contributed by atoms with E-state index in [2.05, 4.69) is 0 Å². The molecule has 1 aliphatic heterocycles. The first kappa shape index (κ1) is 20.4. The van der Waals surface area contributed by atoms with E-state index in [0.29, 0.717) is 16.3 Å². The summed E-state index contributed by atoms with van der Waals surface area (Å²) >= 11 is 5.86. The maximum absolute atomic E-state index is 13.1. The summed E-state index contributed by atoms with van der Waals surface area (Å²) in [4.78, 5) is 15.1. The summed E-state index contributed by atoms with van der Waals surface area (Å²) in [7, 11) is -2.24. The molecule has 0 bridgehead atoms. The number of hydrogen-bond donors (Lipinski definition) is 0. The molecule has 0 N–H and O–H groups in total. The number of carbonyl (C=O) groups excluding carboxylic acids is 1. The molecule has 0 saturated heterocycles. The topological polar surface area (TPSA) is 57.7 Å². The number of amides is 1. The first-order valence-corrected chi connectivity index (χ1v) is 11.4. The summed E-state index contributed by atoms with van der Waals surface area (Å²) in [6.07, 6.45) is 0.821. The molecule has 3 aromatic carbocycles. The summed E-state index contributed by atoms with van der Waals surface area (Å²) in [6, 6.07) is 20.6. The molecule has 0 spiro atoms. The molecule has 30 heavy (non-hydrogen) atoms. The van der Waals surface area contributed by atoms with E-state index in [9.17, 15) is 13.2 Å². The Labute approximate surface area is 181 Å². The molecule has 1 aliphatic rings. The Hall–Kier alpha value is -2.83. The first-order valence-electron chi connectivity index (χ1n) is 9.55. The highest BCUT2D eigenvalue weighted by Crippen LogP contribution is 2.33. The highest BCUT2D eigenvalue weighted by Gasteiger charge is 2.31. The predicted molar refractivity (Wildman–Crippen MR) is 120 cm³/mol. The van der Waals surface area contributed by atoms with Crippen LogP contribution in [0.1, 0.15) is 22.8 Å². The van der Waals surface area contributed by atoms with Crippen LogP contribution in [-0.4, -0.2) is 27.4 Å². The van der Waals surface area contributed by atoms with E-state index in [1.165, 1.54) is 23.5 Å². The molecule has 4 rings (SSSR count). The van der Waals surface area contributed by atoms with E-state index < -0.39 is 10.0 Å². The van der Waals surface area contributed by atoms with Crippen molar-refractivity contribution in [2.45, 2.75) is 24.3 Å². The van der Waals surface area contributed by atoms with Crippen LogP contribution in [0.15, 0.2) is 77.7 Å². The molecule has 1 atom stereocenters. The lowest BCUT2D eigenvalue weighted by Crippen LogP contribution is -2.35. The number of anilines is 2. The Morgan fingerprint density at radius 1 is 1.00 bits per heavy atom. The van der Waals surface area contributed by atoms with Gasteiger partial charge in [0.05, 0.1) is 10.6 Å². The second kappa shape index (κ2) is 7.78. The maximum atomic E-state index is 13.1. The van der Waals surface area contributed by atoms with Gasteiger partial charge in [-0.3, -0.25) is 9.10 Å². The van der Waals surface area contributed by atoms with Gasteiger partial charge in [-0.1, -0.05) is 29.8 Å². The Balaban J connectivity index is 1.58. The van der Waals surface area contributed by atoms with E-state index in [0.717, 1.165) is 17.7 Å². The van der Waals surface area contributed by atoms with Gasteiger partial charge in [0, 0.05) is 29.4 Å². The smallest absolute Gasteiger partial charge is 0.264 e. The van der Waals surface area contributed by atoms with Crippen LogP contribution in [0.5, 0.6) is 0 Å². The van der Waals surface area contributed by atoms with Crippen LogP contribution in [0.2, 0.25) is 5.02 Å². The van der Waals surface area contributed by atoms with Crippen molar-refractivity contribution in [3.63, 3.8) is 0 Å². The molecule has 3 aromatic rings. The average molecular weight is 441 g/mol. The number of nitrogens with zero attached hydrogens (tertiary/aromatic N) is 2. The molecule has 5 nitrogen and oxygen atoms in total. The summed E-state index contributed by atoms with van der Waals surface area (Å²) in [5.41, 5.74) is 3.07. The first-order chi connectivity index (χ1) is 14.3. The van der Waals surface area contributed by atoms with Crippen molar-refractivity contribution in [3.8, 4) is 0 Å². The molecule has 1 heterocycles. The fourth-order valence-corrected chi connectivity index (χ4v) is 5.05. The Morgan fingerprint density at radius 2 is 1.63 bits per heavy atom. The van der Waals surface area contributed by atoms with E-state index in [1.54, 1.807) is 41.3 Å². The van der Waals surface area contributed by atoms with Crippen LogP contribution in [0.4, 0.5) is 11.4 Å². The van der Waals surface area contributed by atoms with Gasteiger partial charge in [-0.05, 0) is 73.5 Å². The average Bonchev–Trinajstić information content (AvgIpc) is 3.08. The minimum atomic E-state index is -3.73. The third kappa shape index (κ3) is 3.57. The minimum Gasteiger partial charge on any atom is -0.305 e. The quantitative estimate of drug-likeness (QED) is 0.587. The van der Waals surface area contributed by atoms with Gasteiger partial charge in [-0.2, -0.15) is 0 Å². The second-order valence-corrected chi connectivity index (χ2v) is 9.74. The highest BCUT2D eigenvalue weighted by molar-refractivity contribution is 7.92. The molecule has 0 fully saturated rings.